The van der Waals surface area contributed by atoms with Crippen molar-refractivity contribution in [3.63, 3.8) is 0 Å². The summed E-state index contributed by atoms with van der Waals surface area (Å²) in [4.78, 5) is 0. The summed E-state index contributed by atoms with van der Waals surface area (Å²) in [6, 6.07) is 61.0. The molecular formula is C48H28O2. The van der Waals surface area contributed by atoms with Gasteiger partial charge in [-0.05, 0) is 96.0 Å². The second kappa shape index (κ2) is 10.4. The molecule has 11 rings (SSSR count). The summed E-state index contributed by atoms with van der Waals surface area (Å²) in [5.74, 6) is 0. The number of fused-ring (bicyclic) bond motifs is 9. The van der Waals surface area contributed by atoms with Gasteiger partial charge in [-0.3, -0.25) is 0 Å². The van der Waals surface area contributed by atoms with Crippen molar-refractivity contribution in [2.75, 3.05) is 0 Å². The van der Waals surface area contributed by atoms with Crippen LogP contribution >= 0.6 is 0 Å². The van der Waals surface area contributed by atoms with Gasteiger partial charge in [0.05, 0.1) is 0 Å². The van der Waals surface area contributed by atoms with Gasteiger partial charge in [-0.1, -0.05) is 140 Å². The van der Waals surface area contributed by atoms with Gasteiger partial charge < -0.3 is 8.83 Å². The number of hydrogen-bond donors (Lipinski definition) is 0. The van der Waals surface area contributed by atoms with E-state index in [2.05, 4.69) is 152 Å². The van der Waals surface area contributed by atoms with E-state index in [1.54, 1.807) is 0 Å². The van der Waals surface area contributed by atoms with Crippen molar-refractivity contribution >= 4 is 76.2 Å². The Morgan fingerprint density at radius 1 is 0.260 bits per heavy atom. The minimum absolute atomic E-state index is 0.869. The second-order valence-corrected chi connectivity index (χ2v) is 13.2. The van der Waals surface area contributed by atoms with Crippen LogP contribution in [0.3, 0.4) is 0 Å². The molecule has 0 bridgehead atoms. The zero-order valence-corrected chi connectivity index (χ0v) is 27.0. The van der Waals surface area contributed by atoms with Crippen LogP contribution in [0.1, 0.15) is 0 Å². The Morgan fingerprint density at radius 3 is 1.40 bits per heavy atom. The lowest BCUT2D eigenvalue weighted by molar-refractivity contribution is 0.664. The van der Waals surface area contributed by atoms with Crippen LogP contribution in [0.2, 0.25) is 0 Å². The van der Waals surface area contributed by atoms with Crippen LogP contribution in [0.15, 0.2) is 179 Å². The van der Waals surface area contributed by atoms with Gasteiger partial charge in [-0.25, -0.2) is 0 Å². The van der Waals surface area contributed by atoms with Crippen molar-refractivity contribution in [2.45, 2.75) is 0 Å². The van der Waals surface area contributed by atoms with Gasteiger partial charge in [-0.15, -0.1) is 0 Å². The minimum atomic E-state index is 0.869. The molecule has 2 heterocycles. The van der Waals surface area contributed by atoms with E-state index in [9.17, 15) is 0 Å². The summed E-state index contributed by atoms with van der Waals surface area (Å²) >= 11 is 0. The van der Waals surface area contributed by atoms with Crippen molar-refractivity contribution < 1.29 is 8.83 Å². The van der Waals surface area contributed by atoms with Gasteiger partial charge in [0.15, 0.2) is 0 Å². The highest BCUT2D eigenvalue weighted by atomic mass is 16.3. The monoisotopic (exact) mass is 636 g/mol. The average molecular weight is 637 g/mol. The third-order valence-corrected chi connectivity index (χ3v) is 10.5. The minimum Gasteiger partial charge on any atom is -0.456 e. The third kappa shape index (κ3) is 3.96. The molecule has 0 aliphatic heterocycles. The fraction of sp³-hybridized carbons (Fsp3) is 0. The maximum Gasteiger partial charge on any atom is 0.136 e. The van der Waals surface area contributed by atoms with Crippen molar-refractivity contribution in [2.24, 2.45) is 0 Å². The molecule has 0 aliphatic carbocycles. The van der Waals surface area contributed by atoms with Gasteiger partial charge in [0.25, 0.3) is 0 Å². The SMILES string of the molecule is c1ccc2c(-c3ccc(-c4c5ccccc5c(-c5ccc6c(c5)oc5cc7c(cc56)oc5ccccc57)c5ccccc45)cc3)cccc2c1. The van der Waals surface area contributed by atoms with E-state index >= 15 is 0 Å². The lowest BCUT2D eigenvalue weighted by atomic mass is 9.85. The molecule has 232 valence electrons. The maximum atomic E-state index is 6.59. The summed E-state index contributed by atoms with van der Waals surface area (Å²) in [6.45, 7) is 0. The summed E-state index contributed by atoms with van der Waals surface area (Å²) < 4.78 is 12.8. The number of hydrogen-bond acceptors (Lipinski definition) is 2. The predicted octanol–water partition coefficient (Wildman–Crippen LogP) is 13.9. The molecule has 0 aliphatic rings. The molecule has 11 aromatic rings. The van der Waals surface area contributed by atoms with Crippen molar-refractivity contribution in [1.29, 1.82) is 0 Å². The molecule has 0 radical (unpaired) electrons. The van der Waals surface area contributed by atoms with Gasteiger partial charge in [0.2, 0.25) is 0 Å². The number of rotatable bonds is 3. The first kappa shape index (κ1) is 27.3. The molecule has 2 nitrogen and oxygen atoms in total. The molecule has 0 saturated heterocycles. The van der Waals surface area contributed by atoms with Crippen LogP contribution < -0.4 is 0 Å². The molecule has 9 aromatic carbocycles. The fourth-order valence-corrected chi connectivity index (χ4v) is 8.19. The smallest absolute Gasteiger partial charge is 0.136 e. The fourth-order valence-electron chi connectivity index (χ4n) is 8.19. The molecule has 0 unspecified atom stereocenters. The van der Waals surface area contributed by atoms with Crippen molar-refractivity contribution in [3.05, 3.63) is 170 Å². The largest absolute Gasteiger partial charge is 0.456 e. The molecule has 2 aromatic heterocycles. The Hall–Kier alpha value is -6.64. The normalized spacial score (nSPS) is 12.0. The predicted molar refractivity (Wildman–Crippen MR) is 210 cm³/mol. The Kier molecular flexibility index (Phi) is 5.70. The van der Waals surface area contributed by atoms with Crippen LogP contribution in [-0.2, 0) is 0 Å². The summed E-state index contributed by atoms with van der Waals surface area (Å²) in [7, 11) is 0. The van der Waals surface area contributed by atoms with E-state index < -0.39 is 0 Å². The Bertz CT molecular complexity index is 3080. The van der Waals surface area contributed by atoms with Gasteiger partial charge in [-0.2, -0.15) is 0 Å². The van der Waals surface area contributed by atoms with Crippen molar-refractivity contribution in [1.82, 2.24) is 0 Å². The summed E-state index contributed by atoms with van der Waals surface area (Å²) in [6.07, 6.45) is 0. The van der Waals surface area contributed by atoms with Gasteiger partial charge in [0, 0.05) is 21.5 Å². The molecule has 0 saturated carbocycles. The number of furan rings is 2. The first-order valence-corrected chi connectivity index (χ1v) is 17.1. The number of para-hydroxylation sites is 1. The Morgan fingerprint density at radius 2 is 0.720 bits per heavy atom. The van der Waals surface area contributed by atoms with Crippen LogP contribution in [0, 0.1) is 0 Å². The lowest BCUT2D eigenvalue weighted by Crippen LogP contribution is -1.91. The molecule has 0 fully saturated rings. The highest BCUT2D eigenvalue weighted by Crippen LogP contribution is 2.45. The van der Waals surface area contributed by atoms with E-state index in [4.69, 9.17) is 8.83 Å². The first-order chi connectivity index (χ1) is 24.8. The van der Waals surface area contributed by atoms with Crippen molar-refractivity contribution in [3.8, 4) is 33.4 Å². The van der Waals surface area contributed by atoms with Crippen LogP contribution in [0.5, 0.6) is 0 Å². The highest BCUT2D eigenvalue weighted by molar-refractivity contribution is 6.22. The van der Waals surface area contributed by atoms with Crippen LogP contribution in [-0.4, -0.2) is 0 Å². The Balaban J connectivity index is 1.09. The van der Waals surface area contributed by atoms with Gasteiger partial charge in [0.1, 0.15) is 22.3 Å². The maximum absolute atomic E-state index is 6.59. The van der Waals surface area contributed by atoms with E-state index in [0.29, 0.717) is 0 Å². The van der Waals surface area contributed by atoms with Crippen LogP contribution in [0.4, 0.5) is 0 Å². The standard InChI is InChI=1S/C48H28O2/c1-2-12-33-29(10-1)11-9-18-34(33)30-20-22-31(23-21-30)47-37-14-3-5-16-39(37)48(40-17-6-4-15-38(40)47)32-24-25-36-42-28-45-41(27-46(42)50-44(36)26-32)35-13-7-8-19-43(35)49-45/h1-28H. The number of benzene rings is 9. The third-order valence-electron chi connectivity index (χ3n) is 10.5. The molecular weight excluding hydrogens is 609 g/mol. The summed E-state index contributed by atoms with van der Waals surface area (Å²) in [5.41, 5.74) is 10.8. The van der Waals surface area contributed by atoms with E-state index in [-0.39, 0.29) is 0 Å². The molecule has 0 amide bonds. The molecule has 0 N–H and O–H groups in total. The molecule has 0 spiro atoms. The molecule has 2 heteroatoms. The van der Waals surface area contributed by atoms with E-state index in [1.807, 2.05) is 18.2 Å². The lowest BCUT2D eigenvalue weighted by Gasteiger charge is -2.18. The molecule has 0 atom stereocenters. The second-order valence-electron chi connectivity index (χ2n) is 13.2. The zero-order chi connectivity index (χ0) is 32.8. The van der Waals surface area contributed by atoms with Crippen LogP contribution in [0.25, 0.3) is 110 Å². The highest BCUT2D eigenvalue weighted by Gasteiger charge is 2.19. The quantitative estimate of drug-likeness (QED) is 0.180. The van der Waals surface area contributed by atoms with Gasteiger partial charge >= 0.3 is 0 Å². The van der Waals surface area contributed by atoms with E-state index in [1.165, 1.54) is 60.1 Å². The first-order valence-electron chi connectivity index (χ1n) is 17.1. The zero-order valence-electron chi connectivity index (χ0n) is 27.0. The average Bonchev–Trinajstić information content (AvgIpc) is 3.72. The topological polar surface area (TPSA) is 26.3 Å². The Labute approximate surface area is 287 Å². The molecule has 50 heavy (non-hydrogen) atoms. The summed E-state index contributed by atoms with van der Waals surface area (Å²) in [5, 5.41) is 11.8. The van der Waals surface area contributed by atoms with E-state index in [0.717, 1.165) is 49.4 Å².